The highest BCUT2D eigenvalue weighted by atomic mass is 16.3. The maximum Gasteiger partial charge on any atom is 0.220 e. The molecule has 2 nitrogen and oxygen atoms in total. The number of aromatic hydroxyl groups is 1. The maximum absolute atomic E-state index is 11.2. The van der Waals surface area contributed by atoms with Crippen molar-refractivity contribution in [2.45, 2.75) is 12.3 Å². The molecule has 1 aliphatic carbocycles. The minimum absolute atomic E-state index is 0.186. The van der Waals surface area contributed by atoms with Crippen LogP contribution in [0.1, 0.15) is 17.9 Å². The molecule has 1 aromatic rings. The molecule has 0 radical (unpaired) electrons. The second-order valence-corrected chi connectivity index (χ2v) is 3.19. The first-order valence-corrected chi connectivity index (χ1v) is 4.27. The molecule has 1 atom stereocenters. The van der Waals surface area contributed by atoms with Gasteiger partial charge in [-0.25, -0.2) is 0 Å². The van der Waals surface area contributed by atoms with Crippen molar-refractivity contribution in [3.63, 3.8) is 0 Å². The predicted molar refractivity (Wildman–Crippen MR) is 50.9 cm³/mol. The normalized spacial score (nSPS) is 19.5. The van der Waals surface area contributed by atoms with Crippen molar-refractivity contribution in [2.75, 3.05) is 0 Å². The Morgan fingerprint density at radius 2 is 2.15 bits per heavy atom. The summed E-state index contributed by atoms with van der Waals surface area (Å²) >= 11 is 0. The van der Waals surface area contributed by atoms with Crippen LogP contribution in [0.4, 0.5) is 0 Å². The van der Waals surface area contributed by atoms with Crippen LogP contribution in [-0.4, -0.2) is 5.11 Å². The van der Waals surface area contributed by atoms with Crippen molar-refractivity contribution in [2.24, 2.45) is 0 Å². The van der Waals surface area contributed by atoms with Crippen LogP contribution in [0.15, 0.2) is 41.2 Å². The smallest absolute Gasteiger partial charge is 0.220 e. The number of hydrogen-bond donors (Lipinski definition) is 1. The Morgan fingerprint density at radius 1 is 1.38 bits per heavy atom. The van der Waals surface area contributed by atoms with Gasteiger partial charge in [-0.05, 0) is 24.1 Å². The largest absolute Gasteiger partial charge is 0.504 e. The maximum atomic E-state index is 11.2. The molecule has 13 heavy (non-hydrogen) atoms. The zero-order chi connectivity index (χ0) is 9.26. The average Bonchev–Trinajstić information content (AvgIpc) is 2.12. The quantitative estimate of drug-likeness (QED) is 0.659. The fourth-order valence-corrected chi connectivity index (χ4v) is 1.36. The second-order valence-electron chi connectivity index (χ2n) is 3.19. The number of hydrogen-bond acceptors (Lipinski definition) is 2. The van der Waals surface area contributed by atoms with E-state index in [0.717, 1.165) is 12.0 Å². The Labute approximate surface area is 76.2 Å². The van der Waals surface area contributed by atoms with Crippen LogP contribution in [0, 0.1) is 0 Å². The molecular weight excluding hydrogens is 164 g/mol. The summed E-state index contributed by atoms with van der Waals surface area (Å²) in [4.78, 5) is 11.2. The Kier molecular flexibility index (Phi) is 1.89. The minimum Gasteiger partial charge on any atom is -0.504 e. The third-order valence-electron chi connectivity index (χ3n) is 2.28. The summed E-state index contributed by atoms with van der Waals surface area (Å²) in [6, 6.07) is 6.51. The Hall–Kier alpha value is -1.57. The van der Waals surface area contributed by atoms with Crippen molar-refractivity contribution in [1.82, 2.24) is 0 Å². The second kappa shape index (κ2) is 3.05. The first-order chi connectivity index (χ1) is 6.27. The molecule has 0 amide bonds. The van der Waals surface area contributed by atoms with Crippen LogP contribution >= 0.6 is 0 Å². The molecule has 2 rings (SSSR count). The third kappa shape index (κ3) is 1.47. The van der Waals surface area contributed by atoms with Crippen LogP contribution in [-0.2, 0) is 0 Å². The van der Waals surface area contributed by atoms with Gasteiger partial charge in [0.1, 0.15) is 0 Å². The lowest BCUT2D eigenvalue weighted by Crippen LogP contribution is -2.03. The van der Waals surface area contributed by atoms with Gasteiger partial charge in [0.15, 0.2) is 5.75 Å². The van der Waals surface area contributed by atoms with Gasteiger partial charge in [0.25, 0.3) is 0 Å². The standard InChI is InChI=1S/C11H10O2/c12-10-6-2-5-9(7-11(10)13)8-3-1-4-8/h1-3,5-8H,4H2,(H,12,13). The molecule has 0 fully saturated rings. The van der Waals surface area contributed by atoms with E-state index in [0.29, 0.717) is 5.92 Å². The zero-order valence-corrected chi connectivity index (χ0v) is 7.10. The van der Waals surface area contributed by atoms with Crippen LogP contribution in [0.25, 0.3) is 0 Å². The van der Waals surface area contributed by atoms with Crippen molar-refractivity contribution in [1.29, 1.82) is 0 Å². The molecule has 1 aliphatic rings. The van der Waals surface area contributed by atoms with E-state index in [9.17, 15) is 4.79 Å². The van der Waals surface area contributed by atoms with Crippen LogP contribution in [0.5, 0.6) is 5.75 Å². The monoisotopic (exact) mass is 174 g/mol. The van der Waals surface area contributed by atoms with Gasteiger partial charge in [0.05, 0.1) is 0 Å². The summed E-state index contributed by atoms with van der Waals surface area (Å²) in [7, 11) is 0. The van der Waals surface area contributed by atoms with E-state index in [4.69, 9.17) is 5.11 Å². The highest BCUT2D eigenvalue weighted by molar-refractivity contribution is 5.31. The van der Waals surface area contributed by atoms with E-state index in [2.05, 4.69) is 12.2 Å². The van der Waals surface area contributed by atoms with Gasteiger partial charge in [-0.2, -0.15) is 0 Å². The summed E-state index contributed by atoms with van der Waals surface area (Å²) in [5.41, 5.74) is 0.674. The predicted octanol–water partition coefficient (Wildman–Crippen LogP) is 1.80. The van der Waals surface area contributed by atoms with E-state index >= 15 is 0 Å². The molecule has 2 heteroatoms. The van der Waals surface area contributed by atoms with Gasteiger partial charge >= 0.3 is 0 Å². The number of rotatable bonds is 1. The van der Waals surface area contributed by atoms with Gasteiger partial charge < -0.3 is 5.11 Å². The average molecular weight is 174 g/mol. The summed E-state index contributed by atoms with van der Waals surface area (Å²) in [5, 5.41) is 9.15. The molecule has 0 aliphatic heterocycles. The van der Waals surface area contributed by atoms with Crippen LogP contribution in [0.2, 0.25) is 0 Å². The lowest BCUT2D eigenvalue weighted by atomic mass is 9.89. The molecule has 66 valence electrons. The highest BCUT2D eigenvalue weighted by Gasteiger charge is 2.12. The van der Waals surface area contributed by atoms with E-state index in [1.54, 1.807) is 6.07 Å². The van der Waals surface area contributed by atoms with Crippen LogP contribution < -0.4 is 5.43 Å². The molecule has 0 spiro atoms. The molecule has 1 aromatic carbocycles. The van der Waals surface area contributed by atoms with Crippen molar-refractivity contribution < 1.29 is 5.11 Å². The van der Waals surface area contributed by atoms with Gasteiger partial charge in [-0.1, -0.05) is 24.3 Å². The van der Waals surface area contributed by atoms with Crippen molar-refractivity contribution >= 4 is 0 Å². The molecular formula is C11H10O2. The molecule has 0 aromatic heterocycles. The van der Waals surface area contributed by atoms with Gasteiger partial charge in [-0.15, -0.1) is 0 Å². The molecule has 1 unspecified atom stereocenters. The summed E-state index contributed by atoms with van der Waals surface area (Å²) in [5.74, 6) is 0.175. The molecule has 0 heterocycles. The molecule has 0 saturated carbocycles. The summed E-state index contributed by atoms with van der Waals surface area (Å²) < 4.78 is 0. The molecule has 0 bridgehead atoms. The summed E-state index contributed by atoms with van der Waals surface area (Å²) in [6.07, 6.45) is 5.12. The zero-order valence-electron chi connectivity index (χ0n) is 7.10. The molecule has 1 N–H and O–H groups in total. The SMILES string of the molecule is O=c1cc(C2C=CC2)cccc1O. The lowest BCUT2D eigenvalue weighted by Gasteiger charge is -2.16. The van der Waals surface area contributed by atoms with Gasteiger partial charge in [0, 0.05) is 5.92 Å². The summed E-state index contributed by atoms with van der Waals surface area (Å²) in [6.45, 7) is 0. The Morgan fingerprint density at radius 3 is 2.77 bits per heavy atom. The van der Waals surface area contributed by atoms with E-state index in [1.165, 1.54) is 12.1 Å². The topological polar surface area (TPSA) is 37.3 Å². The highest BCUT2D eigenvalue weighted by Crippen LogP contribution is 2.27. The fraction of sp³-hybridized carbons (Fsp3) is 0.182. The first kappa shape index (κ1) is 8.05. The van der Waals surface area contributed by atoms with Gasteiger partial charge in [-0.3, -0.25) is 4.79 Å². The number of allylic oxidation sites excluding steroid dienone is 2. The first-order valence-electron chi connectivity index (χ1n) is 4.27. The molecule has 0 saturated heterocycles. The fourth-order valence-electron chi connectivity index (χ4n) is 1.36. The van der Waals surface area contributed by atoms with Crippen molar-refractivity contribution in [3.8, 4) is 5.75 Å². The third-order valence-corrected chi connectivity index (χ3v) is 2.28. The van der Waals surface area contributed by atoms with E-state index in [-0.39, 0.29) is 11.2 Å². The van der Waals surface area contributed by atoms with E-state index in [1.807, 2.05) is 6.07 Å². The Bertz CT molecular complexity index is 407. The van der Waals surface area contributed by atoms with Crippen molar-refractivity contribution in [3.05, 3.63) is 52.2 Å². The van der Waals surface area contributed by atoms with E-state index < -0.39 is 0 Å². The van der Waals surface area contributed by atoms with Crippen LogP contribution in [0.3, 0.4) is 0 Å². The van der Waals surface area contributed by atoms with Gasteiger partial charge in [0.2, 0.25) is 5.43 Å². The lowest BCUT2D eigenvalue weighted by molar-refractivity contribution is 0.471. The Balaban J connectivity index is 2.50. The minimum atomic E-state index is -0.305.